The highest BCUT2D eigenvalue weighted by Crippen LogP contribution is 2.15. The van der Waals surface area contributed by atoms with Crippen LogP contribution in [0.15, 0.2) is 58.1 Å². The molecule has 0 saturated carbocycles. The second-order valence-electron chi connectivity index (χ2n) is 5.72. The quantitative estimate of drug-likeness (QED) is 0.498. The highest BCUT2D eigenvalue weighted by molar-refractivity contribution is 9.10. The van der Waals surface area contributed by atoms with Gasteiger partial charge in [-0.3, -0.25) is 9.59 Å². The first-order chi connectivity index (χ1) is 13.0. The molecule has 0 spiro atoms. The normalized spacial score (nSPS) is 10.6. The van der Waals surface area contributed by atoms with Gasteiger partial charge in [0, 0.05) is 23.2 Å². The summed E-state index contributed by atoms with van der Waals surface area (Å²) in [4.78, 5) is 26.1. The van der Waals surface area contributed by atoms with E-state index in [0.29, 0.717) is 10.0 Å². The molecule has 0 unspecified atom stereocenters. The molecule has 2 aromatic rings. The van der Waals surface area contributed by atoms with E-state index in [0.717, 1.165) is 24.3 Å². The van der Waals surface area contributed by atoms with E-state index in [1.54, 1.807) is 24.4 Å². The van der Waals surface area contributed by atoms with Crippen LogP contribution < -0.4 is 15.6 Å². The van der Waals surface area contributed by atoms with Gasteiger partial charge in [0.05, 0.1) is 18.3 Å². The third kappa shape index (κ3) is 6.21. The first-order valence-corrected chi connectivity index (χ1v) is 9.54. The Kier molecular flexibility index (Phi) is 8.00. The number of hydrogen-bond acceptors (Lipinski definition) is 4. The summed E-state index contributed by atoms with van der Waals surface area (Å²) in [6.45, 7) is 5.97. The van der Waals surface area contributed by atoms with E-state index in [9.17, 15) is 9.59 Å². The molecule has 0 aliphatic carbocycles. The van der Waals surface area contributed by atoms with E-state index < -0.39 is 5.91 Å². The smallest absolute Gasteiger partial charge is 0.259 e. The molecular weight excluding hydrogens is 408 g/mol. The zero-order chi connectivity index (χ0) is 19.6. The topological polar surface area (TPSA) is 73.8 Å². The van der Waals surface area contributed by atoms with Crippen LogP contribution in [-0.4, -0.2) is 37.7 Å². The molecule has 0 radical (unpaired) electrons. The van der Waals surface area contributed by atoms with Crippen LogP contribution in [0.4, 0.5) is 5.69 Å². The van der Waals surface area contributed by atoms with E-state index in [1.807, 2.05) is 30.3 Å². The summed E-state index contributed by atoms with van der Waals surface area (Å²) in [7, 11) is 0. The monoisotopic (exact) mass is 430 g/mol. The number of benzene rings is 2. The molecule has 7 heteroatoms. The highest BCUT2D eigenvalue weighted by Gasteiger charge is 2.10. The van der Waals surface area contributed by atoms with Crippen molar-refractivity contribution in [2.24, 2.45) is 5.10 Å². The third-order valence-electron chi connectivity index (χ3n) is 3.95. The summed E-state index contributed by atoms with van der Waals surface area (Å²) < 4.78 is 0.675. The summed E-state index contributed by atoms with van der Waals surface area (Å²) in [6, 6.07) is 15.0. The lowest BCUT2D eigenvalue weighted by molar-refractivity contribution is -0.120. The summed E-state index contributed by atoms with van der Waals surface area (Å²) in [5.41, 5.74) is 4.91. The van der Waals surface area contributed by atoms with Gasteiger partial charge in [-0.1, -0.05) is 24.3 Å². The van der Waals surface area contributed by atoms with Crippen LogP contribution in [0.3, 0.4) is 0 Å². The van der Waals surface area contributed by atoms with Gasteiger partial charge in [0.25, 0.3) is 11.8 Å². The molecule has 2 aromatic carbocycles. The average molecular weight is 431 g/mol. The maximum absolute atomic E-state index is 12.0. The Balaban J connectivity index is 1.81. The van der Waals surface area contributed by atoms with E-state index in [2.05, 4.69) is 50.5 Å². The van der Waals surface area contributed by atoms with E-state index in [-0.39, 0.29) is 12.5 Å². The summed E-state index contributed by atoms with van der Waals surface area (Å²) >= 11 is 3.31. The van der Waals surface area contributed by atoms with Crippen LogP contribution in [0.5, 0.6) is 0 Å². The minimum atomic E-state index is -0.397. The van der Waals surface area contributed by atoms with Gasteiger partial charge in [0.1, 0.15) is 0 Å². The number of hydrogen-bond donors (Lipinski definition) is 2. The van der Waals surface area contributed by atoms with Crippen molar-refractivity contribution >= 4 is 39.6 Å². The van der Waals surface area contributed by atoms with Gasteiger partial charge in [-0.05, 0) is 59.6 Å². The Morgan fingerprint density at radius 2 is 1.74 bits per heavy atom. The van der Waals surface area contributed by atoms with Gasteiger partial charge in [0.15, 0.2) is 0 Å². The Bertz CT molecular complexity index is 802. The number of hydrazone groups is 1. The fourth-order valence-electron chi connectivity index (χ4n) is 2.48. The number of nitrogens with one attached hydrogen (secondary N) is 2. The number of nitrogens with zero attached hydrogens (tertiary/aromatic N) is 2. The lowest BCUT2D eigenvalue weighted by atomic mass is 10.2. The average Bonchev–Trinajstić information content (AvgIpc) is 2.68. The van der Waals surface area contributed by atoms with E-state index in [4.69, 9.17) is 0 Å². The van der Waals surface area contributed by atoms with Gasteiger partial charge in [-0.2, -0.15) is 5.10 Å². The lowest BCUT2D eigenvalue weighted by Crippen LogP contribution is -2.35. The number of anilines is 1. The van der Waals surface area contributed by atoms with Crippen molar-refractivity contribution in [3.63, 3.8) is 0 Å². The van der Waals surface area contributed by atoms with Crippen molar-refractivity contribution in [2.75, 3.05) is 24.5 Å². The van der Waals surface area contributed by atoms with Gasteiger partial charge in [-0.25, -0.2) is 5.43 Å². The number of rotatable bonds is 8. The molecule has 0 atom stereocenters. The molecule has 0 fully saturated rings. The fraction of sp³-hybridized carbons (Fsp3) is 0.250. The molecule has 2 N–H and O–H groups in total. The molecule has 0 aliphatic rings. The molecule has 27 heavy (non-hydrogen) atoms. The van der Waals surface area contributed by atoms with Crippen LogP contribution in [0.2, 0.25) is 0 Å². The number of carbonyl (C=O) groups is 2. The van der Waals surface area contributed by atoms with Crippen LogP contribution >= 0.6 is 15.9 Å². The van der Waals surface area contributed by atoms with Crippen molar-refractivity contribution in [1.29, 1.82) is 0 Å². The Labute approximate surface area is 167 Å². The predicted octanol–water partition coefficient (Wildman–Crippen LogP) is 3.18. The molecule has 6 nitrogen and oxygen atoms in total. The van der Waals surface area contributed by atoms with Crippen LogP contribution in [-0.2, 0) is 4.79 Å². The first-order valence-electron chi connectivity index (χ1n) is 8.74. The number of amides is 2. The zero-order valence-electron chi connectivity index (χ0n) is 15.4. The predicted molar refractivity (Wildman–Crippen MR) is 112 cm³/mol. The molecule has 0 aromatic heterocycles. The van der Waals surface area contributed by atoms with E-state index in [1.165, 1.54) is 0 Å². The van der Waals surface area contributed by atoms with Crippen molar-refractivity contribution < 1.29 is 9.59 Å². The van der Waals surface area contributed by atoms with Crippen LogP contribution in [0.1, 0.15) is 29.8 Å². The molecule has 0 aliphatic heterocycles. The number of carbonyl (C=O) groups excluding carboxylic acids is 2. The van der Waals surface area contributed by atoms with Crippen molar-refractivity contribution in [1.82, 2.24) is 10.7 Å². The maximum Gasteiger partial charge on any atom is 0.259 e. The van der Waals surface area contributed by atoms with Crippen molar-refractivity contribution in [3.8, 4) is 0 Å². The van der Waals surface area contributed by atoms with Crippen molar-refractivity contribution in [3.05, 3.63) is 64.1 Å². The Morgan fingerprint density at radius 3 is 2.37 bits per heavy atom. The standard InChI is InChI=1S/C20H23BrN4O2/c1-3-25(4-2)16-11-9-15(10-12-16)13-23-24-19(26)14-22-20(27)17-7-5-6-8-18(17)21/h5-13H,3-4,14H2,1-2H3,(H,22,27)(H,24,26). The summed E-state index contributed by atoms with van der Waals surface area (Å²) in [5.74, 6) is -0.722. The SMILES string of the molecule is CCN(CC)c1ccc(C=NNC(=O)CNC(=O)c2ccccc2Br)cc1. The molecule has 2 amide bonds. The second kappa shape index (κ2) is 10.5. The Hall–Kier alpha value is -2.67. The van der Waals surface area contributed by atoms with Crippen LogP contribution in [0.25, 0.3) is 0 Å². The van der Waals surface area contributed by atoms with Crippen molar-refractivity contribution in [2.45, 2.75) is 13.8 Å². The minimum absolute atomic E-state index is 0.154. The minimum Gasteiger partial charge on any atom is -0.372 e. The van der Waals surface area contributed by atoms with Gasteiger partial charge < -0.3 is 10.2 Å². The second-order valence-corrected chi connectivity index (χ2v) is 6.57. The van der Waals surface area contributed by atoms with E-state index >= 15 is 0 Å². The fourth-order valence-corrected chi connectivity index (χ4v) is 2.94. The number of halogens is 1. The van der Waals surface area contributed by atoms with Gasteiger partial charge in [0.2, 0.25) is 0 Å². The highest BCUT2D eigenvalue weighted by atomic mass is 79.9. The molecule has 0 bridgehead atoms. The maximum atomic E-state index is 12.0. The van der Waals surface area contributed by atoms with Gasteiger partial charge in [-0.15, -0.1) is 0 Å². The molecule has 0 saturated heterocycles. The third-order valence-corrected chi connectivity index (χ3v) is 4.64. The van der Waals surface area contributed by atoms with Crippen LogP contribution in [0, 0.1) is 0 Å². The molecule has 0 heterocycles. The molecule has 142 valence electrons. The first kappa shape index (κ1) is 20.6. The summed E-state index contributed by atoms with van der Waals surface area (Å²) in [6.07, 6.45) is 1.57. The lowest BCUT2D eigenvalue weighted by Gasteiger charge is -2.20. The zero-order valence-corrected chi connectivity index (χ0v) is 17.0. The summed E-state index contributed by atoms with van der Waals surface area (Å²) in [5, 5.41) is 6.49. The molecule has 2 rings (SSSR count). The largest absolute Gasteiger partial charge is 0.372 e. The molecular formula is C20H23BrN4O2. The Morgan fingerprint density at radius 1 is 1.07 bits per heavy atom. The van der Waals surface area contributed by atoms with Gasteiger partial charge >= 0.3 is 0 Å².